The normalized spacial score (nSPS) is 19.9. The second-order valence-corrected chi connectivity index (χ2v) is 5.60. The molecule has 0 spiro atoms. The largest absolute Gasteiger partial charge is 0.457 e. The third-order valence-corrected chi connectivity index (χ3v) is 2.47. The SMILES string of the molecule is CC(C)(C)OC(=O)/C=C/[C@H](O)[C@H](O)[C@@H](O)[C@H](O)[C@H](O)CO. The Bertz CT molecular complexity index is 349. The van der Waals surface area contributed by atoms with E-state index in [4.69, 9.17) is 14.9 Å². The van der Waals surface area contributed by atoms with Gasteiger partial charge in [-0.15, -0.1) is 0 Å². The summed E-state index contributed by atoms with van der Waals surface area (Å²) in [6.07, 6.45) is -7.20. The summed E-state index contributed by atoms with van der Waals surface area (Å²) in [5.41, 5.74) is -0.716. The third-order valence-electron chi connectivity index (χ3n) is 2.47. The lowest BCUT2D eigenvalue weighted by molar-refractivity contribution is -0.148. The molecule has 0 aromatic rings. The standard InChI is InChI=1S/C13H24O8/c1-13(2,3)21-9(17)5-4-7(15)10(18)12(20)11(19)8(16)6-14/h4-5,7-8,10-12,14-16,18-20H,6H2,1-3H3/b5-4+/t7-,8+,10-,11+,12+/m0/s1. The lowest BCUT2D eigenvalue weighted by Gasteiger charge is -2.27. The van der Waals surface area contributed by atoms with Gasteiger partial charge in [0.25, 0.3) is 0 Å². The average Bonchev–Trinajstić information content (AvgIpc) is 2.39. The van der Waals surface area contributed by atoms with E-state index < -0.39 is 48.7 Å². The maximum absolute atomic E-state index is 11.4. The van der Waals surface area contributed by atoms with Crippen molar-refractivity contribution in [3.63, 3.8) is 0 Å². The molecule has 0 amide bonds. The molecule has 0 aromatic heterocycles. The molecular formula is C13H24O8. The van der Waals surface area contributed by atoms with Crippen molar-refractivity contribution < 1.29 is 40.2 Å². The molecular weight excluding hydrogens is 284 g/mol. The van der Waals surface area contributed by atoms with E-state index in [-0.39, 0.29) is 0 Å². The van der Waals surface area contributed by atoms with Gasteiger partial charge >= 0.3 is 5.97 Å². The van der Waals surface area contributed by atoms with Gasteiger partial charge in [-0.2, -0.15) is 0 Å². The Kier molecular flexibility index (Phi) is 8.01. The summed E-state index contributed by atoms with van der Waals surface area (Å²) in [5, 5.41) is 55.8. The van der Waals surface area contributed by atoms with E-state index in [1.807, 2.05) is 0 Å². The predicted molar refractivity (Wildman–Crippen MR) is 72.1 cm³/mol. The van der Waals surface area contributed by atoms with E-state index in [1.54, 1.807) is 20.8 Å². The van der Waals surface area contributed by atoms with Gasteiger partial charge in [0.15, 0.2) is 0 Å². The first-order valence-electron chi connectivity index (χ1n) is 6.42. The fraction of sp³-hybridized carbons (Fsp3) is 0.769. The van der Waals surface area contributed by atoms with Crippen LogP contribution in [0.1, 0.15) is 20.8 Å². The Morgan fingerprint density at radius 1 is 1.05 bits per heavy atom. The number of hydrogen-bond acceptors (Lipinski definition) is 8. The third kappa shape index (κ3) is 7.51. The van der Waals surface area contributed by atoms with Crippen molar-refractivity contribution in [2.45, 2.75) is 56.9 Å². The van der Waals surface area contributed by atoms with Crippen molar-refractivity contribution in [2.24, 2.45) is 0 Å². The molecule has 0 rings (SSSR count). The Balaban J connectivity index is 4.57. The van der Waals surface area contributed by atoms with Gasteiger partial charge in [-0.3, -0.25) is 0 Å². The van der Waals surface area contributed by atoms with E-state index in [1.165, 1.54) is 0 Å². The highest BCUT2D eigenvalue weighted by Crippen LogP contribution is 2.11. The highest BCUT2D eigenvalue weighted by molar-refractivity contribution is 5.82. The van der Waals surface area contributed by atoms with Gasteiger partial charge in [0.05, 0.1) is 6.61 Å². The van der Waals surface area contributed by atoms with E-state index in [0.29, 0.717) is 0 Å². The lowest BCUT2D eigenvalue weighted by atomic mass is 9.99. The Morgan fingerprint density at radius 2 is 1.57 bits per heavy atom. The molecule has 0 radical (unpaired) electrons. The van der Waals surface area contributed by atoms with Gasteiger partial charge in [0.2, 0.25) is 0 Å². The molecule has 0 aromatic carbocycles. The molecule has 0 aliphatic rings. The summed E-state index contributed by atoms with van der Waals surface area (Å²) >= 11 is 0. The molecule has 0 fully saturated rings. The summed E-state index contributed by atoms with van der Waals surface area (Å²) in [6.45, 7) is 4.13. The molecule has 124 valence electrons. The maximum Gasteiger partial charge on any atom is 0.331 e. The quantitative estimate of drug-likeness (QED) is 0.227. The fourth-order valence-corrected chi connectivity index (χ4v) is 1.37. The number of esters is 1. The number of carbonyl (C=O) groups is 1. The van der Waals surface area contributed by atoms with Crippen LogP contribution < -0.4 is 0 Å². The van der Waals surface area contributed by atoms with Crippen molar-refractivity contribution in [1.29, 1.82) is 0 Å². The number of carbonyl (C=O) groups excluding carboxylic acids is 1. The average molecular weight is 308 g/mol. The number of hydrogen-bond donors (Lipinski definition) is 6. The molecule has 8 nitrogen and oxygen atoms in total. The minimum atomic E-state index is -1.91. The van der Waals surface area contributed by atoms with E-state index in [9.17, 15) is 25.2 Å². The summed E-state index contributed by atoms with van der Waals surface area (Å²) in [7, 11) is 0. The van der Waals surface area contributed by atoms with Crippen LogP contribution in [0.4, 0.5) is 0 Å². The minimum Gasteiger partial charge on any atom is -0.457 e. The molecule has 0 saturated carbocycles. The number of aliphatic hydroxyl groups excluding tert-OH is 6. The van der Waals surface area contributed by atoms with Gasteiger partial charge in [-0.25, -0.2) is 4.79 Å². The highest BCUT2D eigenvalue weighted by Gasteiger charge is 2.33. The van der Waals surface area contributed by atoms with Gasteiger partial charge < -0.3 is 35.4 Å². The first-order valence-corrected chi connectivity index (χ1v) is 6.42. The number of ether oxygens (including phenoxy) is 1. The molecule has 0 unspecified atom stereocenters. The van der Waals surface area contributed by atoms with Crippen molar-refractivity contribution in [2.75, 3.05) is 6.61 Å². The van der Waals surface area contributed by atoms with Gasteiger partial charge in [0.1, 0.15) is 36.1 Å². The van der Waals surface area contributed by atoms with Crippen molar-refractivity contribution in [3.05, 3.63) is 12.2 Å². The van der Waals surface area contributed by atoms with E-state index in [2.05, 4.69) is 0 Å². The molecule has 0 heterocycles. The van der Waals surface area contributed by atoms with Crippen LogP contribution in [0.15, 0.2) is 12.2 Å². The zero-order valence-electron chi connectivity index (χ0n) is 12.2. The summed E-state index contributed by atoms with van der Waals surface area (Å²) < 4.78 is 4.93. The van der Waals surface area contributed by atoms with Crippen LogP contribution in [0.5, 0.6) is 0 Å². The Morgan fingerprint density at radius 3 is 2.00 bits per heavy atom. The topological polar surface area (TPSA) is 148 Å². The Labute approximate surface area is 122 Å². The van der Waals surface area contributed by atoms with E-state index in [0.717, 1.165) is 12.2 Å². The number of rotatable bonds is 7. The lowest BCUT2D eigenvalue weighted by Crippen LogP contribution is -2.49. The zero-order valence-corrected chi connectivity index (χ0v) is 12.2. The predicted octanol–water partition coefficient (Wildman–Crippen LogP) is -2.32. The maximum atomic E-state index is 11.4. The van der Waals surface area contributed by atoms with Crippen LogP contribution >= 0.6 is 0 Å². The van der Waals surface area contributed by atoms with Crippen molar-refractivity contribution >= 4 is 5.97 Å². The van der Waals surface area contributed by atoms with Crippen LogP contribution in [0.25, 0.3) is 0 Å². The van der Waals surface area contributed by atoms with Crippen LogP contribution in [0.2, 0.25) is 0 Å². The monoisotopic (exact) mass is 308 g/mol. The zero-order chi connectivity index (χ0) is 16.8. The fourth-order valence-electron chi connectivity index (χ4n) is 1.37. The van der Waals surface area contributed by atoms with Crippen LogP contribution in [-0.2, 0) is 9.53 Å². The molecule has 6 N–H and O–H groups in total. The molecule has 0 aliphatic heterocycles. The highest BCUT2D eigenvalue weighted by atomic mass is 16.6. The van der Waals surface area contributed by atoms with Gasteiger partial charge in [-0.05, 0) is 26.8 Å². The second-order valence-electron chi connectivity index (χ2n) is 5.60. The molecule has 21 heavy (non-hydrogen) atoms. The van der Waals surface area contributed by atoms with Crippen LogP contribution in [0.3, 0.4) is 0 Å². The molecule has 0 bridgehead atoms. The smallest absolute Gasteiger partial charge is 0.331 e. The summed E-state index contributed by atoms with van der Waals surface area (Å²) in [5.74, 6) is -0.751. The molecule has 8 heteroatoms. The van der Waals surface area contributed by atoms with Crippen LogP contribution in [0, 0.1) is 0 Å². The van der Waals surface area contributed by atoms with E-state index >= 15 is 0 Å². The van der Waals surface area contributed by atoms with Gasteiger partial charge in [-0.1, -0.05) is 0 Å². The Hall–Kier alpha value is -1.03. The second kappa shape index (κ2) is 8.42. The molecule has 5 atom stereocenters. The first-order chi connectivity index (χ1) is 9.49. The van der Waals surface area contributed by atoms with Crippen molar-refractivity contribution in [1.82, 2.24) is 0 Å². The number of aliphatic hydroxyl groups is 6. The van der Waals surface area contributed by atoms with Gasteiger partial charge in [0, 0.05) is 6.08 Å². The van der Waals surface area contributed by atoms with Crippen molar-refractivity contribution in [3.8, 4) is 0 Å². The first kappa shape index (κ1) is 20.0. The summed E-state index contributed by atoms with van der Waals surface area (Å²) in [4.78, 5) is 11.4. The minimum absolute atomic E-state index is 0.716. The molecule has 0 saturated heterocycles. The molecule has 0 aliphatic carbocycles. The van der Waals surface area contributed by atoms with Crippen LogP contribution in [-0.4, -0.2) is 79.3 Å². The summed E-state index contributed by atoms with van der Waals surface area (Å²) in [6, 6.07) is 0.